The highest BCUT2D eigenvalue weighted by Crippen LogP contribution is 2.02. The number of carboxylic acid groups (broad SMARTS) is 1. The molecule has 0 radical (unpaired) electrons. The Morgan fingerprint density at radius 2 is 1.81 bits per heavy atom. The Morgan fingerprint density at radius 1 is 1.31 bits per heavy atom. The molecule has 0 aliphatic heterocycles. The van der Waals surface area contributed by atoms with Crippen LogP contribution in [0.1, 0.15) is 27.2 Å². The first-order chi connectivity index (χ1) is 7.10. The van der Waals surface area contributed by atoms with Crippen molar-refractivity contribution in [1.82, 2.24) is 5.32 Å². The molecule has 0 aliphatic rings. The van der Waals surface area contributed by atoms with E-state index in [0.717, 1.165) is 0 Å². The van der Waals surface area contributed by atoms with E-state index in [2.05, 4.69) is 5.32 Å². The van der Waals surface area contributed by atoms with E-state index >= 15 is 0 Å². The van der Waals surface area contributed by atoms with Crippen LogP contribution in [0.2, 0.25) is 0 Å². The summed E-state index contributed by atoms with van der Waals surface area (Å²) in [5, 5.41) is 10.9. The summed E-state index contributed by atoms with van der Waals surface area (Å²) in [4.78, 5) is 22.0. The van der Waals surface area contributed by atoms with Crippen LogP contribution in [0.3, 0.4) is 0 Å². The maximum atomic E-state index is 11.3. The first-order valence-electron chi connectivity index (χ1n) is 4.85. The van der Waals surface area contributed by atoms with Gasteiger partial charge in [0.2, 0.25) is 5.91 Å². The van der Waals surface area contributed by atoms with Crippen LogP contribution in [0.15, 0.2) is 0 Å². The van der Waals surface area contributed by atoms with Gasteiger partial charge in [0.1, 0.15) is 11.3 Å². The van der Waals surface area contributed by atoms with Crippen molar-refractivity contribution in [3.63, 3.8) is 0 Å². The number of carbonyl (C=O) groups excluding carboxylic acids is 1. The van der Waals surface area contributed by atoms with Gasteiger partial charge >= 0.3 is 5.97 Å². The van der Waals surface area contributed by atoms with E-state index < -0.39 is 33.0 Å². The molecule has 0 aromatic rings. The molecular weight excluding hydrogens is 234 g/mol. The van der Waals surface area contributed by atoms with Crippen LogP contribution in [0, 0.1) is 0 Å². The van der Waals surface area contributed by atoms with Crippen molar-refractivity contribution in [2.75, 3.05) is 11.5 Å². The molecular formula is C9H17NO5S. The number of amides is 1. The Kier molecular flexibility index (Phi) is 4.92. The molecule has 0 saturated carbocycles. The summed E-state index contributed by atoms with van der Waals surface area (Å²) >= 11 is 0. The summed E-state index contributed by atoms with van der Waals surface area (Å²) < 4.78 is 22.6. The quantitative estimate of drug-likeness (QED) is 0.680. The molecule has 0 bridgehead atoms. The highest BCUT2D eigenvalue weighted by Gasteiger charge is 2.30. The second-order valence-electron chi connectivity index (χ2n) is 4.07. The minimum atomic E-state index is -3.43. The molecule has 7 heteroatoms. The van der Waals surface area contributed by atoms with Gasteiger partial charge in [-0.15, -0.1) is 0 Å². The molecule has 0 spiro atoms. The number of carboxylic acids is 1. The van der Waals surface area contributed by atoms with E-state index in [0.29, 0.717) is 6.42 Å². The maximum Gasteiger partial charge on any atom is 0.328 e. The predicted molar refractivity (Wildman–Crippen MR) is 58.8 cm³/mol. The minimum absolute atomic E-state index is 0.0755. The molecule has 0 fully saturated rings. The van der Waals surface area contributed by atoms with Gasteiger partial charge in [-0.2, -0.15) is 0 Å². The molecule has 94 valence electrons. The molecule has 0 heterocycles. The number of sulfone groups is 1. The zero-order valence-corrected chi connectivity index (χ0v) is 10.4. The van der Waals surface area contributed by atoms with Crippen LogP contribution >= 0.6 is 0 Å². The average Bonchev–Trinajstić information content (AvgIpc) is 1.99. The summed E-state index contributed by atoms with van der Waals surface area (Å²) in [6.07, 6.45) is 0.429. The van der Waals surface area contributed by atoms with Gasteiger partial charge in [-0.1, -0.05) is 6.92 Å². The van der Waals surface area contributed by atoms with Gasteiger partial charge < -0.3 is 10.4 Å². The van der Waals surface area contributed by atoms with Crippen LogP contribution in [0.5, 0.6) is 0 Å². The molecule has 0 atom stereocenters. The van der Waals surface area contributed by atoms with Crippen LogP contribution in [0.4, 0.5) is 0 Å². The van der Waals surface area contributed by atoms with Gasteiger partial charge in [0.15, 0.2) is 9.84 Å². The Bertz CT molecular complexity index is 371. The van der Waals surface area contributed by atoms with Gasteiger partial charge in [-0.25, -0.2) is 13.2 Å². The van der Waals surface area contributed by atoms with E-state index in [1.807, 2.05) is 0 Å². The topological polar surface area (TPSA) is 101 Å². The van der Waals surface area contributed by atoms with Crippen LogP contribution in [0.25, 0.3) is 0 Å². The molecule has 0 rings (SSSR count). The van der Waals surface area contributed by atoms with Crippen molar-refractivity contribution < 1.29 is 23.1 Å². The Labute approximate surface area is 95.0 Å². The van der Waals surface area contributed by atoms with Crippen molar-refractivity contribution in [1.29, 1.82) is 0 Å². The summed E-state index contributed by atoms with van der Waals surface area (Å²) in [5.41, 5.74) is -1.46. The summed E-state index contributed by atoms with van der Waals surface area (Å²) in [5.74, 6) is -2.75. The van der Waals surface area contributed by atoms with Crippen molar-refractivity contribution in [3.8, 4) is 0 Å². The monoisotopic (exact) mass is 251 g/mol. The molecule has 1 amide bonds. The van der Waals surface area contributed by atoms with Gasteiger partial charge in [0.05, 0.1) is 5.75 Å². The first-order valence-corrected chi connectivity index (χ1v) is 6.67. The van der Waals surface area contributed by atoms with Crippen molar-refractivity contribution in [2.24, 2.45) is 0 Å². The molecule has 6 nitrogen and oxygen atoms in total. The molecule has 0 aromatic carbocycles. The van der Waals surface area contributed by atoms with Gasteiger partial charge in [-0.3, -0.25) is 4.79 Å². The first kappa shape index (κ1) is 14.9. The SMILES string of the molecule is CCCS(=O)(=O)CC(=O)NC(C)(C)C(=O)O. The van der Waals surface area contributed by atoms with E-state index in [9.17, 15) is 18.0 Å². The predicted octanol–water partition coefficient (Wildman–Crippen LogP) is -0.209. The van der Waals surface area contributed by atoms with Crippen molar-refractivity contribution in [3.05, 3.63) is 0 Å². The number of rotatable bonds is 6. The third kappa shape index (κ3) is 5.11. The standard InChI is InChI=1S/C9H17NO5S/c1-4-5-16(14,15)6-7(11)10-9(2,3)8(12)13/h4-6H2,1-3H3,(H,10,11)(H,12,13). The second kappa shape index (κ2) is 5.29. The van der Waals surface area contributed by atoms with Crippen LogP contribution in [-0.4, -0.2) is 42.4 Å². The molecule has 0 aromatic heterocycles. The summed E-state index contributed by atoms with van der Waals surface area (Å²) in [6.45, 7) is 4.27. The van der Waals surface area contributed by atoms with Crippen molar-refractivity contribution in [2.45, 2.75) is 32.7 Å². The van der Waals surface area contributed by atoms with Gasteiger partial charge in [0.25, 0.3) is 0 Å². The lowest BCUT2D eigenvalue weighted by molar-refractivity contribution is -0.145. The smallest absolute Gasteiger partial charge is 0.328 e. The van der Waals surface area contributed by atoms with Crippen LogP contribution < -0.4 is 5.32 Å². The van der Waals surface area contributed by atoms with Crippen molar-refractivity contribution >= 4 is 21.7 Å². The molecule has 16 heavy (non-hydrogen) atoms. The van der Waals surface area contributed by atoms with E-state index in [1.165, 1.54) is 13.8 Å². The lowest BCUT2D eigenvalue weighted by atomic mass is 10.1. The van der Waals surface area contributed by atoms with Gasteiger partial charge in [0, 0.05) is 0 Å². The summed E-state index contributed by atoms with van der Waals surface area (Å²) in [7, 11) is -3.43. The lowest BCUT2D eigenvalue weighted by Gasteiger charge is -2.20. The van der Waals surface area contributed by atoms with Gasteiger partial charge in [-0.05, 0) is 20.3 Å². The number of aliphatic carboxylic acids is 1. The lowest BCUT2D eigenvalue weighted by Crippen LogP contribution is -2.51. The zero-order valence-electron chi connectivity index (χ0n) is 9.61. The molecule has 0 aliphatic carbocycles. The van der Waals surface area contributed by atoms with Crippen LogP contribution in [-0.2, 0) is 19.4 Å². The molecule has 0 unspecified atom stereocenters. The third-order valence-corrected chi connectivity index (χ3v) is 3.58. The number of nitrogens with one attached hydrogen (secondary N) is 1. The Balaban J connectivity index is 4.47. The molecule has 0 saturated heterocycles. The number of hydrogen-bond acceptors (Lipinski definition) is 4. The largest absolute Gasteiger partial charge is 0.480 e. The fourth-order valence-electron chi connectivity index (χ4n) is 1.02. The van der Waals surface area contributed by atoms with E-state index in [-0.39, 0.29) is 5.75 Å². The summed E-state index contributed by atoms with van der Waals surface area (Å²) in [6, 6.07) is 0. The highest BCUT2D eigenvalue weighted by atomic mass is 32.2. The third-order valence-electron chi connectivity index (χ3n) is 1.85. The fourth-order valence-corrected chi connectivity index (χ4v) is 2.26. The maximum absolute atomic E-state index is 11.3. The average molecular weight is 251 g/mol. The normalized spacial score (nSPS) is 12.2. The fraction of sp³-hybridized carbons (Fsp3) is 0.778. The zero-order chi connectivity index (χ0) is 13.0. The Hall–Kier alpha value is -1.11. The number of hydrogen-bond donors (Lipinski definition) is 2. The Morgan fingerprint density at radius 3 is 2.19 bits per heavy atom. The second-order valence-corrected chi connectivity index (χ2v) is 6.25. The van der Waals surface area contributed by atoms with E-state index in [4.69, 9.17) is 5.11 Å². The highest BCUT2D eigenvalue weighted by molar-refractivity contribution is 7.92. The minimum Gasteiger partial charge on any atom is -0.480 e. The van der Waals surface area contributed by atoms with E-state index in [1.54, 1.807) is 6.92 Å². The molecule has 2 N–H and O–H groups in total. The number of carbonyl (C=O) groups is 2.